The number of hydrogen-bond acceptors (Lipinski definition) is 4. The summed E-state index contributed by atoms with van der Waals surface area (Å²) in [7, 11) is 0. The fraction of sp³-hybridized carbons (Fsp3) is 0.200. The highest BCUT2D eigenvalue weighted by molar-refractivity contribution is 5.84. The molecule has 1 aromatic heterocycles. The fourth-order valence-electron chi connectivity index (χ4n) is 1.95. The van der Waals surface area contributed by atoms with Crippen LogP contribution in [0.15, 0.2) is 28.7 Å². The second-order valence-electron chi connectivity index (χ2n) is 4.46. The maximum absolute atomic E-state index is 10.8. The number of anilines is 1. The quantitative estimate of drug-likeness (QED) is 0.891. The Hall–Kier alpha value is -2.74. The Bertz CT molecular complexity index is 696. The van der Waals surface area contributed by atoms with Gasteiger partial charge in [0.15, 0.2) is 0 Å². The molecule has 0 aliphatic carbocycles. The molecule has 0 aliphatic rings. The minimum absolute atomic E-state index is 0.0796. The molecule has 0 saturated heterocycles. The number of aryl methyl sites for hydroxylation is 2. The van der Waals surface area contributed by atoms with E-state index in [0.29, 0.717) is 17.9 Å². The van der Waals surface area contributed by atoms with Crippen LogP contribution in [-0.2, 0) is 6.54 Å². The zero-order valence-electron chi connectivity index (χ0n) is 11.2. The van der Waals surface area contributed by atoms with Crippen molar-refractivity contribution in [2.45, 2.75) is 20.4 Å². The number of nitriles is 1. The number of nitrogens with one attached hydrogen (secondary N) is 1. The van der Waals surface area contributed by atoms with Crippen molar-refractivity contribution in [1.82, 2.24) is 0 Å². The average Bonchev–Trinajstić information content (AvgIpc) is 2.78. The second kappa shape index (κ2) is 5.49. The summed E-state index contributed by atoms with van der Waals surface area (Å²) in [4.78, 5) is 10.8. The van der Waals surface area contributed by atoms with Crippen LogP contribution in [0, 0.1) is 25.2 Å². The Morgan fingerprint density at radius 2 is 2.20 bits per heavy atom. The zero-order valence-corrected chi connectivity index (χ0v) is 11.2. The number of rotatable bonds is 4. The lowest BCUT2D eigenvalue weighted by atomic mass is 10.1. The largest absolute Gasteiger partial charge is 0.475 e. The van der Waals surface area contributed by atoms with Gasteiger partial charge < -0.3 is 14.8 Å². The molecule has 2 rings (SSSR count). The van der Waals surface area contributed by atoms with Crippen LogP contribution < -0.4 is 5.32 Å². The smallest absolute Gasteiger partial charge is 0.371 e. The van der Waals surface area contributed by atoms with E-state index in [1.807, 2.05) is 25.1 Å². The Kier molecular flexibility index (Phi) is 3.76. The Morgan fingerprint density at radius 1 is 1.45 bits per heavy atom. The molecule has 0 radical (unpaired) electrons. The van der Waals surface area contributed by atoms with Gasteiger partial charge in [0.25, 0.3) is 0 Å². The van der Waals surface area contributed by atoms with Crippen molar-refractivity contribution in [3.8, 4) is 6.07 Å². The highest BCUT2D eigenvalue weighted by Crippen LogP contribution is 2.21. The number of nitrogens with zero attached hydrogens (tertiary/aromatic N) is 1. The predicted molar refractivity (Wildman–Crippen MR) is 73.6 cm³/mol. The van der Waals surface area contributed by atoms with Gasteiger partial charge in [-0.25, -0.2) is 4.79 Å². The monoisotopic (exact) mass is 270 g/mol. The van der Waals surface area contributed by atoms with Crippen molar-refractivity contribution < 1.29 is 14.3 Å². The van der Waals surface area contributed by atoms with Crippen LogP contribution in [0.4, 0.5) is 5.69 Å². The molecule has 1 aromatic carbocycles. The lowest BCUT2D eigenvalue weighted by Crippen LogP contribution is -2.02. The molecule has 0 saturated carbocycles. The van der Waals surface area contributed by atoms with Gasteiger partial charge in [-0.2, -0.15) is 5.26 Å². The van der Waals surface area contributed by atoms with Gasteiger partial charge in [0.2, 0.25) is 5.76 Å². The highest BCUT2D eigenvalue weighted by Gasteiger charge is 2.13. The van der Waals surface area contributed by atoms with E-state index in [-0.39, 0.29) is 5.76 Å². The zero-order chi connectivity index (χ0) is 14.7. The van der Waals surface area contributed by atoms with Gasteiger partial charge in [-0.15, -0.1) is 0 Å². The van der Waals surface area contributed by atoms with Crippen molar-refractivity contribution in [2.24, 2.45) is 0 Å². The first-order valence-electron chi connectivity index (χ1n) is 6.09. The highest BCUT2D eigenvalue weighted by atomic mass is 16.4. The number of carboxylic acids is 1. The van der Waals surface area contributed by atoms with Crippen LogP contribution in [0.2, 0.25) is 0 Å². The van der Waals surface area contributed by atoms with Crippen LogP contribution in [-0.4, -0.2) is 11.1 Å². The third-order valence-electron chi connectivity index (χ3n) is 3.09. The molecule has 102 valence electrons. The SMILES string of the molecule is Cc1cccc(NCc2cc(C(=O)O)oc2C)c1C#N. The Labute approximate surface area is 116 Å². The van der Waals surface area contributed by atoms with Crippen molar-refractivity contribution in [3.05, 3.63) is 52.5 Å². The van der Waals surface area contributed by atoms with Gasteiger partial charge >= 0.3 is 5.97 Å². The van der Waals surface area contributed by atoms with Gasteiger partial charge in [-0.05, 0) is 31.5 Å². The van der Waals surface area contributed by atoms with Crippen molar-refractivity contribution in [2.75, 3.05) is 5.32 Å². The number of hydrogen-bond donors (Lipinski definition) is 2. The lowest BCUT2D eigenvalue weighted by molar-refractivity contribution is 0.0661. The lowest BCUT2D eigenvalue weighted by Gasteiger charge is -2.09. The third kappa shape index (κ3) is 2.64. The van der Waals surface area contributed by atoms with Gasteiger partial charge in [-0.3, -0.25) is 0 Å². The molecular weight excluding hydrogens is 256 g/mol. The first-order chi connectivity index (χ1) is 9.52. The van der Waals surface area contributed by atoms with Crippen LogP contribution in [0.3, 0.4) is 0 Å². The van der Waals surface area contributed by atoms with E-state index in [4.69, 9.17) is 14.8 Å². The van der Waals surface area contributed by atoms with Crippen LogP contribution in [0.25, 0.3) is 0 Å². The van der Waals surface area contributed by atoms with Crippen molar-refractivity contribution >= 4 is 11.7 Å². The van der Waals surface area contributed by atoms with Gasteiger partial charge in [-0.1, -0.05) is 12.1 Å². The van der Waals surface area contributed by atoms with E-state index < -0.39 is 5.97 Å². The van der Waals surface area contributed by atoms with Crippen LogP contribution in [0.1, 0.15) is 33.0 Å². The van der Waals surface area contributed by atoms with Crippen LogP contribution >= 0.6 is 0 Å². The molecule has 5 nitrogen and oxygen atoms in total. The predicted octanol–water partition coefficient (Wildman–Crippen LogP) is 3.08. The maximum Gasteiger partial charge on any atom is 0.371 e. The van der Waals surface area contributed by atoms with Crippen LogP contribution in [0.5, 0.6) is 0 Å². The standard InChI is InChI=1S/C15H14N2O3/c1-9-4-3-5-13(12(9)7-16)17-8-11-6-14(15(18)19)20-10(11)2/h3-6,17H,8H2,1-2H3,(H,18,19). The van der Waals surface area contributed by atoms with E-state index in [2.05, 4.69) is 11.4 Å². The molecule has 1 heterocycles. The molecule has 0 spiro atoms. The first kappa shape index (κ1) is 13.7. The molecule has 0 atom stereocenters. The van der Waals surface area contributed by atoms with Crippen molar-refractivity contribution in [3.63, 3.8) is 0 Å². The Morgan fingerprint density at radius 3 is 2.80 bits per heavy atom. The van der Waals surface area contributed by atoms with E-state index in [1.54, 1.807) is 6.92 Å². The number of furan rings is 1. The van der Waals surface area contributed by atoms with E-state index in [1.165, 1.54) is 6.07 Å². The molecule has 20 heavy (non-hydrogen) atoms. The van der Waals surface area contributed by atoms with Gasteiger partial charge in [0.05, 0.1) is 11.3 Å². The first-order valence-corrected chi connectivity index (χ1v) is 6.09. The van der Waals surface area contributed by atoms with Crippen molar-refractivity contribution in [1.29, 1.82) is 5.26 Å². The minimum Gasteiger partial charge on any atom is -0.475 e. The number of benzene rings is 1. The molecule has 0 bridgehead atoms. The minimum atomic E-state index is -1.09. The molecule has 0 aliphatic heterocycles. The summed E-state index contributed by atoms with van der Waals surface area (Å²) >= 11 is 0. The second-order valence-corrected chi connectivity index (χ2v) is 4.46. The number of carbonyl (C=O) groups is 1. The molecule has 5 heteroatoms. The number of aromatic carboxylic acids is 1. The molecular formula is C15H14N2O3. The molecule has 0 fully saturated rings. The summed E-state index contributed by atoms with van der Waals surface area (Å²) in [5.41, 5.74) is 2.97. The summed E-state index contributed by atoms with van der Waals surface area (Å²) in [5, 5.41) is 21.1. The third-order valence-corrected chi connectivity index (χ3v) is 3.09. The van der Waals surface area contributed by atoms with E-state index in [0.717, 1.165) is 16.8 Å². The molecule has 2 aromatic rings. The van der Waals surface area contributed by atoms with E-state index >= 15 is 0 Å². The average molecular weight is 270 g/mol. The topological polar surface area (TPSA) is 86.3 Å². The fourth-order valence-corrected chi connectivity index (χ4v) is 1.95. The summed E-state index contributed by atoms with van der Waals surface area (Å²) < 4.78 is 5.14. The Balaban J connectivity index is 2.20. The van der Waals surface area contributed by atoms with E-state index in [9.17, 15) is 4.79 Å². The molecule has 0 unspecified atom stereocenters. The molecule has 2 N–H and O–H groups in total. The van der Waals surface area contributed by atoms with Gasteiger partial charge in [0, 0.05) is 12.1 Å². The summed E-state index contributed by atoms with van der Waals surface area (Å²) in [6.07, 6.45) is 0. The summed E-state index contributed by atoms with van der Waals surface area (Å²) in [5.74, 6) is -0.613. The molecule has 0 amide bonds. The number of carboxylic acid groups (broad SMARTS) is 1. The summed E-state index contributed by atoms with van der Waals surface area (Å²) in [6, 6.07) is 9.20. The van der Waals surface area contributed by atoms with Gasteiger partial charge in [0.1, 0.15) is 11.8 Å². The normalized spacial score (nSPS) is 10.1. The maximum atomic E-state index is 10.8. The summed E-state index contributed by atoms with van der Waals surface area (Å²) in [6.45, 7) is 3.99.